The average Bonchev–Trinajstić information content (AvgIpc) is 3.47. The molecule has 4 aromatic rings. The Labute approximate surface area is 212 Å². The molecule has 0 spiro atoms. The summed E-state index contributed by atoms with van der Waals surface area (Å²) in [5, 5.41) is 0. The Morgan fingerprint density at radius 3 is 2.17 bits per heavy atom. The third-order valence-electron chi connectivity index (χ3n) is 7.55. The summed E-state index contributed by atoms with van der Waals surface area (Å²) >= 11 is 0. The van der Waals surface area contributed by atoms with E-state index in [9.17, 15) is 4.79 Å². The molecule has 3 aromatic carbocycles. The molecule has 0 N–H and O–H groups in total. The van der Waals surface area contributed by atoms with E-state index in [2.05, 4.69) is 64.4 Å². The van der Waals surface area contributed by atoms with E-state index < -0.39 is 0 Å². The second kappa shape index (κ2) is 10.0. The van der Waals surface area contributed by atoms with Crippen molar-refractivity contribution in [3.05, 3.63) is 126 Å². The van der Waals surface area contributed by atoms with E-state index in [1.165, 1.54) is 5.69 Å². The predicted octanol–water partition coefficient (Wildman–Crippen LogP) is 5.58. The van der Waals surface area contributed by atoms with E-state index in [4.69, 9.17) is 4.42 Å². The van der Waals surface area contributed by atoms with E-state index in [1.54, 1.807) is 6.26 Å². The second-order valence-electron chi connectivity index (χ2n) is 9.70. The number of furan rings is 1. The number of amides is 1. The molecule has 2 aliphatic heterocycles. The van der Waals surface area contributed by atoms with Crippen LogP contribution in [0.1, 0.15) is 39.2 Å². The Bertz CT molecular complexity index is 1280. The van der Waals surface area contributed by atoms with Crippen LogP contribution >= 0.6 is 0 Å². The number of rotatable bonds is 6. The molecule has 0 radical (unpaired) electrons. The maximum absolute atomic E-state index is 13.8. The first-order valence-corrected chi connectivity index (χ1v) is 12.8. The molecule has 5 nitrogen and oxygen atoms in total. The quantitative estimate of drug-likeness (QED) is 0.363. The molecule has 2 atom stereocenters. The normalized spacial score (nSPS) is 20.4. The van der Waals surface area contributed by atoms with Gasteiger partial charge in [-0.15, -0.1) is 0 Å². The molecule has 6 rings (SSSR count). The van der Waals surface area contributed by atoms with Gasteiger partial charge in [0.25, 0.3) is 5.91 Å². The summed E-state index contributed by atoms with van der Waals surface area (Å²) in [6.07, 6.45) is 1.72. The van der Waals surface area contributed by atoms with Gasteiger partial charge >= 0.3 is 0 Å². The van der Waals surface area contributed by atoms with Crippen molar-refractivity contribution in [2.24, 2.45) is 0 Å². The minimum absolute atomic E-state index is 0.0704. The van der Waals surface area contributed by atoms with E-state index in [0.29, 0.717) is 6.54 Å². The number of piperazine rings is 1. The number of carbonyl (C=O) groups is 1. The number of benzene rings is 3. The fourth-order valence-corrected chi connectivity index (χ4v) is 5.75. The highest BCUT2D eigenvalue weighted by Gasteiger charge is 2.42. The number of hydrogen-bond donors (Lipinski definition) is 0. The smallest absolute Gasteiger partial charge is 0.255 e. The SMILES string of the molecule is O=C1c2ccccc2[C@H](CN2CCN(c3ccccc3)CC2)[C@@H](c2ccco2)N1Cc1ccccc1. The average molecular weight is 478 g/mol. The van der Waals surface area contributed by atoms with Gasteiger partial charge in [-0.2, -0.15) is 0 Å². The summed E-state index contributed by atoms with van der Waals surface area (Å²) < 4.78 is 5.98. The molecular weight excluding hydrogens is 446 g/mol. The molecule has 5 heteroatoms. The zero-order valence-electron chi connectivity index (χ0n) is 20.4. The maximum atomic E-state index is 13.8. The van der Waals surface area contributed by atoms with Crippen LogP contribution in [0.3, 0.4) is 0 Å². The highest BCUT2D eigenvalue weighted by atomic mass is 16.3. The zero-order chi connectivity index (χ0) is 24.3. The first kappa shape index (κ1) is 22.6. The van der Waals surface area contributed by atoms with Gasteiger partial charge in [0.2, 0.25) is 0 Å². The van der Waals surface area contributed by atoms with Crippen LogP contribution < -0.4 is 4.90 Å². The topological polar surface area (TPSA) is 39.9 Å². The van der Waals surface area contributed by atoms with Crippen LogP contribution in [0.15, 0.2) is 108 Å². The van der Waals surface area contributed by atoms with Crippen molar-refractivity contribution >= 4 is 11.6 Å². The van der Waals surface area contributed by atoms with Crippen molar-refractivity contribution in [2.75, 3.05) is 37.6 Å². The molecule has 1 saturated heterocycles. The van der Waals surface area contributed by atoms with Crippen LogP contribution in [0.2, 0.25) is 0 Å². The lowest BCUT2D eigenvalue weighted by Gasteiger charge is -2.44. The number of para-hydroxylation sites is 1. The highest BCUT2D eigenvalue weighted by molar-refractivity contribution is 5.97. The van der Waals surface area contributed by atoms with Crippen LogP contribution in [0.4, 0.5) is 5.69 Å². The van der Waals surface area contributed by atoms with Crippen molar-refractivity contribution in [2.45, 2.75) is 18.5 Å². The summed E-state index contributed by atoms with van der Waals surface area (Å²) in [7, 11) is 0. The summed E-state index contributed by atoms with van der Waals surface area (Å²) in [4.78, 5) is 20.9. The standard InChI is InChI=1S/C31H31N3O2/c35-31-27-15-8-7-14-26(27)28(23-32-17-19-33(20-18-32)25-12-5-2-6-13-25)30(29-16-9-21-36-29)34(31)22-24-10-3-1-4-11-24/h1-16,21,28,30H,17-20,22-23H2/t28-,30-/m0/s1. The first-order chi connectivity index (χ1) is 17.8. The van der Waals surface area contributed by atoms with Gasteiger partial charge in [0, 0.05) is 56.4 Å². The molecule has 182 valence electrons. The molecular formula is C31H31N3O2. The van der Waals surface area contributed by atoms with E-state index in [-0.39, 0.29) is 17.9 Å². The summed E-state index contributed by atoms with van der Waals surface area (Å²) in [6, 6.07) is 32.8. The van der Waals surface area contributed by atoms with Crippen molar-refractivity contribution in [3.8, 4) is 0 Å². The number of anilines is 1. The van der Waals surface area contributed by atoms with E-state index in [0.717, 1.165) is 55.2 Å². The second-order valence-corrected chi connectivity index (χ2v) is 9.70. The van der Waals surface area contributed by atoms with E-state index >= 15 is 0 Å². The first-order valence-electron chi connectivity index (χ1n) is 12.8. The van der Waals surface area contributed by atoms with Crippen LogP contribution in [0, 0.1) is 0 Å². The van der Waals surface area contributed by atoms with Gasteiger partial charge < -0.3 is 14.2 Å². The Morgan fingerprint density at radius 2 is 1.44 bits per heavy atom. The van der Waals surface area contributed by atoms with Gasteiger partial charge in [-0.3, -0.25) is 9.69 Å². The monoisotopic (exact) mass is 477 g/mol. The minimum atomic E-state index is -0.158. The summed E-state index contributed by atoms with van der Waals surface area (Å²) in [5.74, 6) is 1.04. The number of fused-ring (bicyclic) bond motifs is 1. The lowest BCUT2D eigenvalue weighted by molar-refractivity contribution is 0.0517. The molecule has 2 aliphatic rings. The lowest BCUT2D eigenvalue weighted by Crippen LogP contribution is -2.50. The number of nitrogens with zero attached hydrogens (tertiary/aromatic N) is 3. The van der Waals surface area contributed by atoms with Crippen molar-refractivity contribution in [1.29, 1.82) is 0 Å². The minimum Gasteiger partial charge on any atom is -0.467 e. The third-order valence-corrected chi connectivity index (χ3v) is 7.55. The predicted molar refractivity (Wildman–Crippen MR) is 142 cm³/mol. The Kier molecular flexibility index (Phi) is 6.31. The molecule has 0 bridgehead atoms. The van der Waals surface area contributed by atoms with Crippen LogP contribution in [0.25, 0.3) is 0 Å². The molecule has 1 fully saturated rings. The van der Waals surface area contributed by atoms with Crippen molar-refractivity contribution in [3.63, 3.8) is 0 Å². The summed E-state index contributed by atoms with van der Waals surface area (Å²) in [6.45, 7) is 5.41. The third kappa shape index (κ3) is 4.42. The van der Waals surface area contributed by atoms with Crippen LogP contribution in [-0.4, -0.2) is 48.4 Å². The van der Waals surface area contributed by atoms with Gasteiger partial charge in [-0.25, -0.2) is 0 Å². The zero-order valence-corrected chi connectivity index (χ0v) is 20.4. The fraction of sp³-hybridized carbons (Fsp3) is 0.258. The van der Waals surface area contributed by atoms with Gasteiger partial charge in [0.05, 0.1) is 12.3 Å². The fourth-order valence-electron chi connectivity index (χ4n) is 5.75. The number of hydrogen-bond acceptors (Lipinski definition) is 4. The molecule has 0 unspecified atom stereocenters. The van der Waals surface area contributed by atoms with Gasteiger partial charge in [0.1, 0.15) is 5.76 Å². The Balaban J connectivity index is 1.31. The van der Waals surface area contributed by atoms with Gasteiger partial charge in [0.15, 0.2) is 0 Å². The molecule has 3 heterocycles. The Hall–Kier alpha value is -3.83. The maximum Gasteiger partial charge on any atom is 0.255 e. The van der Waals surface area contributed by atoms with Gasteiger partial charge in [-0.05, 0) is 41.5 Å². The van der Waals surface area contributed by atoms with Crippen molar-refractivity contribution < 1.29 is 9.21 Å². The molecule has 0 saturated carbocycles. The van der Waals surface area contributed by atoms with Gasteiger partial charge in [-0.1, -0.05) is 66.7 Å². The molecule has 0 aliphatic carbocycles. The van der Waals surface area contributed by atoms with E-state index in [1.807, 2.05) is 47.4 Å². The largest absolute Gasteiger partial charge is 0.467 e. The lowest BCUT2D eigenvalue weighted by atomic mass is 9.81. The summed E-state index contributed by atoms with van der Waals surface area (Å²) in [5.41, 5.74) is 4.34. The Morgan fingerprint density at radius 1 is 0.750 bits per heavy atom. The highest BCUT2D eigenvalue weighted by Crippen LogP contribution is 2.44. The van der Waals surface area contributed by atoms with Crippen LogP contribution in [-0.2, 0) is 6.54 Å². The molecule has 36 heavy (non-hydrogen) atoms. The molecule has 1 amide bonds. The van der Waals surface area contributed by atoms with Crippen molar-refractivity contribution in [1.82, 2.24) is 9.80 Å². The molecule has 1 aromatic heterocycles. The van der Waals surface area contributed by atoms with Crippen LogP contribution in [0.5, 0.6) is 0 Å². The number of carbonyl (C=O) groups excluding carboxylic acids is 1.